The second-order valence-corrected chi connectivity index (χ2v) is 5.73. The van der Waals surface area contributed by atoms with Gasteiger partial charge in [0.15, 0.2) is 0 Å². The number of carbonyl (C=O) groups excluding carboxylic acids is 1. The van der Waals surface area contributed by atoms with E-state index in [-0.39, 0.29) is 24.5 Å². The Labute approximate surface area is 122 Å². The van der Waals surface area contributed by atoms with Gasteiger partial charge in [0.05, 0.1) is 37.2 Å². The van der Waals surface area contributed by atoms with Crippen LogP contribution < -0.4 is 5.32 Å². The minimum atomic E-state index is -0.893. The van der Waals surface area contributed by atoms with Crippen molar-refractivity contribution in [1.29, 1.82) is 0 Å². The molecule has 0 aliphatic heterocycles. The average molecular weight is 293 g/mol. The average Bonchev–Trinajstić information content (AvgIpc) is 3.17. The number of aliphatic carboxylic acids is 1. The van der Waals surface area contributed by atoms with Crippen molar-refractivity contribution in [3.05, 3.63) is 17.5 Å². The first-order valence-corrected chi connectivity index (χ1v) is 7.30. The number of nitrogens with zero attached hydrogens (tertiary/aromatic N) is 2. The molecule has 1 aromatic heterocycles. The predicted molar refractivity (Wildman–Crippen MR) is 72.4 cm³/mol. The van der Waals surface area contributed by atoms with Crippen LogP contribution >= 0.6 is 0 Å². The summed E-state index contributed by atoms with van der Waals surface area (Å²) in [7, 11) is 0. The molecule has 0 spiro atoms. The first-order valence-electron chi connectivity index (χ1n) is 7.30. The molecule has 1 saturated carbocycles. The van der Waals surface area contributed by atoms with Gasteiger partial charge in [-0.1, -0.05) is 0 Å². The van der Waals surface area contributed by atoms with Gasteiger partial charge in [0.25, 0.3) is 0 Å². The fourth-order valence-electron chi connectivity index (χ4n) is 3.09. The highest BCUT2D eigenvalue weighted by Gasteiger charge is 2.48. The van der Waals surface area contributed by atoms with Gasteiger partial charge in [-0.2, -0.15) is 5.10 Å². The van der Waals surface area contributed by atoms with E-state index in [1.54, 1.807) is 10.9 Å². The van der Waals surface area contributed by atoms with Gasteiger partial charge < -0.3 is 15.5 Å². The van der Waals surface area contributed by atoms with Gasteiger partial charge in [-0.3, -0.25) is 14.3 Å². The van der Waals surface area contributed by atoms with Crippen LogP contribution in [0.15, 0.2) is 6.20 Å². The van der Waals surface area contributed by atoms with Gasteiger partial charge >= 0.3 is 5.97 Å². The Morgan fingerprint density at radius 3 is 2.90 bits per heavy atom. The van der Waals surface area contributed by atoms with E-state index in [0.717, 1.165) is 30.5 Å². The molecule has 7 heteroatoms. The molecule has 3 unspecified atom stereocenters. The molecule has 3 N–H and O–H groups in total. The van der Waals surface area contributed by atoms with Crippen LogP contribution in [0, 0.1) is 11.8 Å². The summed E-state index contributed by atoms with van der Waals surface area (Å²) in [4.78, 5) is 22.9. The van der Waals surface area contributed by atoms with Gasteiger partial charge in [-0.25, -0.2) is 0 Å². The van der Waals surface area contributed by atoms with Crippen LogP contribution in [-0.2, 0) is 22.6 Å². The highest BCUT2D eigenvalue weighted by atomic mass is 16.4. The Hall–Kier alpha value is -1.89. The van der Waals surface area contributed by atoms with E-state index in [2.05, 4.69) is 10.4 Å². The predicted octanol–water partition coefficient (Wildman–Crippen LogP) is 0.0897. The van der Waals surface area contributed by atoms with Crippen molar-refractivity contribution in [3.8, 4) is 0 Å². The third-order valence-corrected chi connectivity index (χ3v) is 4.34. The van der Waals surface area contributed by atoms with E-state index in [4.69, 9.17) is 10.2 Å². The molecule has 1 aromatic rings. The van der Waals surface area contributed by atoms with Crippen molar-refractivity contribution in [3.63, 3.8) is 0 Å². The first kappa shape index (κ1) is 14.1. The number of carboxylic acids is 1. The van der Waals surface area contributed by atoms with E-state index >= 15 is 0 Å². The lowest BCUT2D eigenvalue weighted by atomic mass is 9.92. The Kier molecular flexibility index (Phi) is 3.67. The van der Waals surface area contributed by atoms with Gasteiger partial charge in [-0.05, 0) is 25.7 Å². The van der Waals surface area contributed by atoms with Crippen molar-refractivity contribution < 1.29 is 19.8 Å². The van der Waals surface area contributed by atoms with Crippen molar-refractivity contribution in [1.82, 2.24) is 15.1 Å². The number of hydrogen-bond acceptors (Lipinski definition) is 4. The fourth-order valence-corrected chi connectivity index (χ4v) is 3.09. The summed E-state index contributed by atoms with van der Waals surface area (Å²) < 4.78 is 1.78. The quantitative estimate of drug-likeness (QED) is 0.713. The van der Waals surface area contributed by atoms with Crippen LogP contribution in [-0.4, -0.2) is 38.5 Å². The number of amides is 1. The molecule has 2 aliphatic rings. The van der Waals surface area contributed by atoms with Crippen LogP contribution in [0.5, 0.6) is 0 Å². The molecule has 1 amide bonds. The van der Waals surface area contributed by atoms with Crippen molar-refractivity contribution in [2.24, 2.45) is 11.8 Å². The number of aliphatic hydroxyl groups excluding tert-OH is 1. The Bertz CT molecular complexity index is 569. The second-order valence-electron chi connectivity index (χ2n) is 5.73. The molecule has 0 bridgehead atoms. The maximum absolute atomic E-state index is 12.1. The van der Waals surface area contributed by atoms with E-state index < -0.39 is 11.9 Å². The van der Waals surface area contributed by atoms with Gasteiger partial charge in [0.2, 0.25) is 5.91 Å². The number of nitrogens with one attached hydrogen (secondary N) is 1. The molecular formula is C14H19N3O4. The molecule has 0 aromatic carbocycles. The molecular weight excluding hydrogens is 274 g/mol. The van der Waals surface area contributed by atoms with Crippen LogP contribution in [0.4, 0.5) is 0 Å². The number of hydrogen-bond donors (Lipinski definition) is 3. The van der Waals surface area contributed by atoms with Crippen LogP contribution in [0.25, 0.3) is 0 Å². The summed E-state index contributed by atoms with van der Waals surface area (Å²) in [5, 5.41) is 25.1. The topological polar surface area (TPSA) is 104 Å². The molecule has 3 rings (SSSR count). The lowest BCUT2D eigenvalue weighted by Gasteiger charge is -2.24. The van der Waals surface area contributed by atoms with E-state index in [1.165, 1.54) is 0 Å². The molecule has 0 saturated heterocycles. The zero-order valence-corrected chi connectivity index (χ0v) is 11.7. The Morgan fingerprint density at radius 2 is 2.24 bits per heavy atom. The van der Waals surface area contributed by atoms with E-state index in [1.807, 2.05) is 0 Å². The minimum Gasteiger partial charge on any atom is -0.481 e. The zero-order valence-electron chi connectivity index (χ0n) is 11.7. The number of carboxylic acid groups (broad SMARTS) is 1. The van der Waals surface area contributed by atoms with E-state index in [0.29, 0.717) is 13.0 Å². The molecule has 114 valence electrons. The summed E-state index contributed by atoms with van der Waals surface area (Å²) in [5.41, 5.74) is 2.06. The number of rotatable bonds is 5. The van der Waals surface area contributed by atoms with Crippen LogP contribution in [0.2, 0.25) is 0 Å². The largest absolute Gasteiger partial charge is 0.481 e. The molecule has 3 atom stereocenters. The van der Waals surface area contributed by atoms with Gasteiger partial charge in [0, 0.05) is 11.3 Å². The lowest BCUT2D eigenvalue weighted by Crippen LogP contribution is -2.33. The normalized spacial score (nSPS) is 27.0. The monoisotopic (exact) mass is 293 g/mol. The molecule has 1 heterocycles. The molecule has 21 heavy (non-hydrogen) atoms. The molecule has 7 nitrogen and oxygen atoms in total. The highest BCUT2D eigenvalue weighted by molar-refractivity contribution is 5.89. The Morgan fingerprint density at radius 1 is 1.43 bits per heavy atom. The summed E-state index contributed by atoms with van der Waals surface area (Å²) in [5.74, 6) is -1.98. The van der Waals surface area contributed by atoms with Crippen molar-refractivity contribution in [2.45, 2.75) is 38.3 Å². The number of fused-ring (bicyclic) bond motifs is 1. The summed E-state index contributed by atoms with van der Waals surface area (Å²) in [6, 6.07) is -0.0938. The van der Waals surface area contributed by atoms with Crippen molar-refractivity contribution >= 4 is 11.9 Å². The minimum absolute atomic E-state index is 0.0352. The van der Waals surface area contributed by atoms with Gasteiger partial charge in [0.1, 0.15) is 0 Å². The molecule has 2 aliphatic carbocycles. The zero-order chi connectivity index (χ0) is 15.0. The SMILES string of the molecule is O=C(O)C1CC1C(=O)NC1CCCc2c1cnn2CCO. The molecule has 0 radical (unpaired) electrons. The molecule has 1 fully saturated rings. The second kappa shape index (κ2) is 5.48. The van der Waals surface area contributed by atoms with E-state index in [9.17, 15) is 9.59 Å². The Balaban J connectivity index is 1.68. The lowest BCUT2D eigenvalue weighted by molar-refractivity contribution is -0.140. The van der Waals surface area contributed by atoms with Crippen LogP contribution in [0.3, 0.4) is 0 Å². The van der Waals surface area contributed by atoms with Crippen LogP contribution in [0.1, 0.15) is 36.6 Å². The smallest absolute Gasteiger partial charge is 0.307 e. The van der Waals surface area contributed by atoms with Gasteiger partial charge in [-0.15, -0.1) is 0 Å². The highest BCUT2D eigenvalue weighted by Crippen LogP contribution is 2.40. The summed E-state index contributed by atoms with van der Waals surface area (Å²) in [6.45, 7) is 0.493. The number of carbonyl (C=O) groups is 2. The third-order valence-electron chi connectivity index (χ3n) is 4.34. The summed E-state index contributed by atoms with van der Waals surface area (Å²) >= 11 is 0. The number of aliphatic hydroxyl groups is 1. The van der Waals surface area contributed by atoms with Crippen molar-refractivity contribution in [2.75, 3.05) is 6.61 Å². The maximum Gasteiger partial charge on any atom is 0.307 e. The third kappa shape index (κ3) is 2.65. The maximum atomic E-state index is 12.1. The fraction of sp³-hybridized carbons (Fsp3) is 0.643. The summed E-state index contributed by atoms with van der Waals surface area (Å²) in [6.07, 6.45) is 4.86. The number of aromatic nitrogens is 2. The first-order chi connectivity index (χ1) is 10.1. The standard InChI is InChI=1S/C14H19N3O4/c18-5-4-17-12-3-1-2-11(10(12)7-15-17)16-13(19)8-6-9(8)14(20)21/h7-9,11,18H,1-6H2,(H,16,19)(H,20,21).